The van der Waals surface area contributed by atoms with Crippen LogP contribution in [0.15, 0.2) is 36.4 Å². The summed E-state index contributed by atoms with van der Waals surface area (Å²) in [6.45, 7) is -0.960. The first-order valence-corrected chi connectivity index (χ1v) is 8.99. The van der Waals surface area contributed by atoms with Gasteiger partial charge in [-0.1, -0.05) is 0 Å². The summed E-state index contributed by atoms with van der Waals surface area (Å²) in [6.07, 6.45) is 1.93. The molecule has 0 radical (unpaired) electrons. The Morgan fingerprint density at radius 2 is 1.88 bits per heavy atom. The Bertz CT molecular complexity index is 712. The van der Waals surface area contributed by atoms with E-state index in [4.69, 9.17) is 0 Å². The number of amides is 1. The maximum absolute atomic E-state index is 12.7. The zero-order valence-corrected chi connectivity index (χ0v) is 14.7. The van der Waals surface area contributed by atoms with Crippen molar-refractivity contribution in [3.63, 3.8) is 0 Å². The van der Waals surface area contributed by atoms with Crippen LogP contribution in [0.5, 0.6) is 5.75 Å². The number of rotatable bonds is 5. The Kier molecular flexibility index (Phi) is 5.65. The number of carbonyl (C=O) groups is 1. The van der Waals surface area contributed by atoms with E-state index in [1.165, 1.54) is 23.5 Å². The largest absolute Gasteiger partial charge is 0.435 e. The second-order valence-corrected chi connectivity index (χ2v) is 7.05. The van der Waals surface area contributed by atoms with Gasteiger partial charge in [0.05, 0.1) is 4.88 Å². The lowest BCUT2D eigenvalue weighted by Crippen LogP contribution is -2.43. The van der Waals surface area contributed by atoms with Crippen molar-refractivity contribution < 1.29 is 18.3 Å². The number of alkyl halides is 2. The topological polar surface area (TPSA) is 41.6 Å². The van der Waals surface area contributed by atoms with Crippen LogP contribution in [0, 0.1) is 0 Å². The predicted molar refractivity (Wildman–Crippen MR) is 94.4 cm³/mol. The van der Waals surface area contributed by atoms with Gasteiger partial charge in [0, 0.05) is 18.0 Å². The van der Waals surface area contributed by atoms with Crippen molar-refractivity contribution in [2.75, 3.05) is 20.1 Å². The number of hydrogen-bond acceptors (Lipinski definition) is 4. The summed E-state index contributed by atoms with van der Waals surface area (Å²) in [6, 6.07) is 10.4. The van der Waals surface area contributed by atoms with Gasteiger partial charge in [-0.15, -0.1) is 11.3 Å². The molecule has 0 aliphatic carbocycles. The first-order chi connectivity index (χ1) is 12.0. The van der Waals surface area contributed by atoms with Gasteiger partial charge in [-0.05, 0) is 67.9 Å². The van der Waals surface area contributed by atoms with Gasteiger partial charge in [0.2, 0.25) is 0 Å². The van der Waals surface area contributed by atoms with Crippen LogP contribution in [0.1, 0.15) is 22.5 Å². The molecule has 1 fully saturated rings. The number of hydrogen-bond donors (Lipinski definition) is 1. The summed E-state index contributed by atoms with van der Waals surface area (Å²) in [5.41, 5.74) is 0.871. The molecule has 1 amide bonds. The summed E-state index contributed by atoms with van der Waals surface area (Å²) in [7, 11) is 1.86. The molecule has 0 bridgehead atoms. The first-order valence-electron chi connectivity index (χ1n) is 8.17. The van der Waals surface area contributed by atoms with E-state index < -0.39 is 6.61 Å². The van der Waals surface area contributed by atoms with E-state index in [2.05, 4.69) is 10.1 Å². The number of thiophene rings is 1. The summed E-state index contributed by atoms with van der Waals surface area (Å²) in [5.74, 6) is 0.151. The summed E-state index contributed by atoms with van der Waals surface area (Å²) < 4.78 is 28.7. The Balaban J connectivity index is 1.70. The third-order valence-corrected chi connectivity index (χ3v) is 5.48. The molecule has 4 nitrogen and oxygen atoms in total. The number of ether oxygens (including phenoxy) is 1. The maximum atomic E-state index is 12.7. The normalized spacial score (nSPS) is 15.4. The third-order valence-electron chi connectivity index (χ3n) is 4.36. The van der Waals surface area contributed by atoms with Gasteiger partial charge in [0.1, 0.15) is 5.75 Å². The number of nitrogens with one attached hydrogen (secondary N) is 1. The molecule has 7 heteroatoms. The van der Waals surface area contributed by atoms with Crippen LogP contribution in [0.3, 0.4) is 0 Å². The molecular weight excluding hydrogens is 346 g/mol. The molecule has 1 aromatic carbocycles. The fraction of sp³-hybridized carbons (Fsp3) is 0.389. The summed E-state index contributed by atoms with van der Waals surface area (Å²) >= 11 is 1.41. The van der Waals surface area contributed by atoms with Crippen molar-refractivity contribution in [3.8, 4) is 16.2 Å². The molecule has 134 valence electrons. The maximum Gasteiger partial charge on any atom is 0.387 e. The SMILES string of the molecule is CN(C(=O)c1ccc(-c2ccc(OC(F)F)cc2)s1)C1CCNCC1. The van der Waals surface area contributed by atoms with E-state index in [1.807, 2.05) is 24.1 Å². The fourth-order valence-electron chi connectivity index (χ4n) is 2.94. The van der Waals surface area contributed by atoms with Gasteiger partial charge in [-0.2, -0.15) is 8.78 Å². The molecule has 25 heavy (non-hydrogen) atoms. The molecule has 1 aliphatic heterocycles. The highest BCUT2D eigenvalue weighted by atomic mass is 32.1. The van der Waals surface area contributed by atoms with Gasteiger partial charge < -0.3 is 15.0 Å². The standard InChI is InChI=1S/C18H20F2N2O2S/c1-22(13-8-10-21-11-9-13)17(23)16-7-6-15(25-16)12-2-4-14(5-3-12)24-18(19)20/h2-7,13,18,21H,8-11H2,1H3. The zero-order valence-electron chi connectivity index (χ0n) is 13.9. The second-order valence-electron chi connectivity index (χ2n) is 5.96. The quantitative estimate of drug-likeness (QED) is 0.874. The highest BCUT2D eigenvalue weighted by Gasteiger charge is 2.24. The Labute approximate surface area is 149 Å². The van der Waals surface area contributed by atoms with Crippen molar-refractivity contribution in [1.82, 2.24) is 10.2 Å². The minimum absolute atomic E-state index is 0.0285. The fourth-order valence-corrected chi connectivity index (χ4v) is 3.94. The Morgan fingerprint density at radius 3 is 2.52 bits per heavy atom. The lowest BCUT2D eigenvalue weighted by molar-refractivity contribution is -0.0498. The second kappa shape index (κ2) is 7.93. The van der Waals surface area contributed by atoms with Crippen LogP contribution in [0.4, 0.5) is 8.78 Å². The molecule has 0 saturated carbocycles. The zero-order chi connectivity index (χ0) is 17.8. The molecule has 1 aromatic heterocycles. The number of nitrogens with zero attached hydrogens (tertiary/aromatic N) is 1. The first kappa shape index (κ1) is 17.8. The van der Waals surface area contributed by atoms with Crippen molar-refractivity contribution in [2.45, 2.75) is 25.5 Å². The monoisotopic (exact) mass is 366 g/mol. The van der Waals surface area contributed by atoms with Crippen molar-refractivity contribution >= 4 is 17.2 Å². The molecule has 2 aromatic rings. The molecule has 1 aliphatic rings. The molecule has 1 saturated heterocycles. The molecule has 2 heterocycles. The van der Waals surface area contributed by atoms with Crippen LogP contribution in [-0.2, 0) is 0 Å². The number of benzene rings is 1. The lowest BCUT2D eigenvalue weighted by Gasteiger charge is -2.31. The minimum Gasteiger partial charge on any atom is -0.435 e. The lowest BCUT2D eigenvalue weighted by atomic mass is 10.1. The summed E-state index contributed by atoms with van der Waals surface area (Å²) in [4.78, 5) is 16.1. The molecule has 1 N–H and O–H groups in total. The summed E-state index contributed by atoms with van der Waals surface area (Å²) in [5, 5.41) is 3.30. The van der Waals surface area contributed by atoms with Crippen LogP contribution in [0.25, 0.3) is 10.4 Å². The molecule has 0 spiro atoms. The van der Waals surface area contributed by atoms with E-state index in [0.717, 1.165) is 36.4 Å². The average molecular weight is 366 g/mol. The van der Waals surface area contributed by atoms with Gasteiger partial charge >= 0.3 is 6.61 Å². The van der Waals surface area contributed by atoms with Crippen LogP contribution >= 0.6 is 11.3 Å². The Hall–Kier alpha value is -1.99. The van der Waals surface area contributed by atoms with Crippen LogP contribution in [0.2, 0.25) is 0 Å². The molecule has 3 rings (SSSR count). The predicted octanol–water partition coefficient (Wildman–Crippen LogP) is 3.84. The van der Waals surface area contributed by atoms with Crippen molar-refractivity contribution in [1.29, 1.82) is 0 Å². The van der Waals surface area contributed by atoms with Gasteiger partial charge in [-0.25, -0.2) is 0 Å². The van der Waals surface area contributed by atoms with Crippen LogP contribution in [-0.4, -0.2) is 43.6 Å². The van der Waals surface area contributed by atoms with Crippen LogP contribution < -0.4 is 10.1 Å². The number of halogens is 2. The number of piperidine rings is 1. The van der Waals surface area contributed by atoms with Gasteiger partial charge in [0.15, 0.2) is 0 Å². The molecule has 0 atom stereocenters. The Morgan fingerprint density at radius 1 is 1.20 bits per heavy atom. The van der Waals surface area contributed by atoms with E-state index in [-0.39, 0.29) is 17.7 Å². The molecule has 0 unspecified atom stereocenters. The van der Waals surface area contributed by atoms with Crippen molar-refractivity contribution in [3.05, 3.63) is 41.3 Å². The minimum atomic E-state index is -2.83. The third kappa shape index (κ3) is 4.35. The van der Waals surface area contributed by atoms with E-state index in [0.29, 0.717) is 4.88 Å². The van der Waals surface area contributed by atoms with Gasteiger partial charge in [0.25, 0.3) is 5.91 Å². The average Bonchev–Trinajstić information content (AvgIpc) is 3.11. The smallest absolute Gasteiger partial charge is 0.387 e. The highest BCUT2D eigenvalue weighted by Crippen LogP contribution is 2.30. The van der Waals surface area contributed by atoms with E-state index in [9.17, 15) is 13.6 Å². The highest BCUT2D eigenvalue weighted by molar-refractivity contribution is 7.17. The van der Waals surface area contributed by atoms with E-state index >= 15 is 0 Å². The van der Waals surface area contributed by atoms with E-state index in [1.54, 1.807) is 12.1 Å². The van der Waals surface area contributed by atoms with Crippen molar-refractivity contribution in [2.24, 2.45) is 0 Å². The van der Waals surface area contributed by atoms with Gasteiger partial charge in [-0.3, -0.25) is 4.79 Å². The molecular formula is C18H20F2N2O2S. The number of carbonyl (C=O) groups excluding carboxylic acids is 1.